The van der Waals surface area contributed by atoms with Gasteiger partial charge in [-0.3, -0.25) is 4.79 Å². The third-order valence-corrected chi connectivity index (χ3v) is 7.01. The summed E-state index contributed by atoms with van der Waals surface area (Å²) in [5.41, 5.74) is 1.64. The SMILES string of the molecule is CCCCOc1cc2c(cc1C)-c1c(F)c(=O)c(C(=O)OCC)cn1[C@@H]1[C@H]2CCC1(C)C. The lowest BCUT2D eigenvalue weighted by Crippen LogP contribution is -2.34. The van der Waals surface area contributed by atoms with Crippen molar-refractivity contribution in [2.45, 2.75) is 72.3 Å². The maximum Gasteiger partial charge on any atom is 0.343 e. The number of benzene rings is 1. The van der Waals surface area contributed by atoms with E-state index >= 15 is 4.39 Å². The fourth-order valence-corrected chi connectivity index (χ4v) is 5.40. The zero-order chi connectivity index (χ0) is 23.2. The first-order valence-corrected chi connectivity index (χ1v) is 11.6. The molecule has 1 aliphatic heterocycles. The standard InChI is InChI=1S/C26H32FNO4/c1-6-8-11-32-20-13-17-16-9-10-26(4,5)24(16)28-14-19(25(30)31-7-2)23(29)21(27)22(28)18(17)12-15(20)3/h12-14,16,24H,6-11H2,1-5H3/t16-,24+/m0/s1. The van der Waals surface area contributed by atoms with Gasteiger partial charge in [0.15, 0.2) is 5.82 Å². The molecule has 0 N–H and O–H groups in total. The number of fused-ring (bicyclic) bond motifs is 6. The summed E-state index contributed by atoms with van der Waals surface area (Å²) in [6, 6.07) is 3.90. The van der Waals surface area contributed by atoms with Crippen molar-refractivity contribution in [2.75, 3.05) is 13.2 Å². The highest BCUT2D eigenvalue weighted by molar-refractivity contribution is 5.89. The van der Waals surface area contributed by atoms with Crippen molar-refractivity contribution in [3.8, 4) is 17.0 Å². The van der Waals surface area contributed by atoms with Crippen LogP contribution in [-0.4, -0.2) is 23.8 Å². The van der Waals surface area contributed by atoms with E-state index in [9.17, 15) is 9.59 Å². The van der Waals surface area contributed by atoms with Crippen LogP contribution in [0.15, 0.2) is 23.1 Å². The fourth-order valence-electron chi connectivity index (χ4n) is 5.40. The van der Waals surface area contributed by atoms with Crippen molar-refractivity contribution >= 4 is 5.97 Å². The van der Waals surface area contributed by atoms with Crippen LogP contribution in [0.4, 0.5) is 4.39 Å². The minimum Gasteiger partial charge on any atom is -0.493 e. The van der Waals surface area contributed by atoms with E-state index < -0.39 is 17.2 Å². The Morgan fingerprint density at radius 1 is 1.28 bits per heavy atom. The molecule has 0 radical (unpaired) electrons. The van der Waals surface area contributed by atoms with E-state index in [0.717, 1.165) is 42.6 Å². The summed E-state index contributed by atoms with van der Waals surface area (Å²) in [6.45, 7) is 10.8. The Balaban J connectivity index is 1.95. The molecule has 0 spiro atoms. The molecule has 0 bridgehead atoms. The summed E-state index contributed by atoms with van der Waals surface area (Å²) in [7, 11) is 0. The maximum atomic E-state index is 15.6. The van der Waals surface area contributed by atoms with Crippen LogP contribution >= 0.6 is 0 Å². The summed E-state index contributed by atoms with van der Waals surface area (Å²) >= 11 is 0. The molecule has 1 aromatic carbocycles. The molecule has 2 aliphatic rings. The van der Waals surface area contributed by atoms with E-state index in [1.54, 1.807) is 6.92 Å². The summed E-state index contributed by atoms with van der Waals surface area (Å²) in [5, 5.41) is 0. The van der Waals surface area contributed by atoms with Crippen LogP contribution in [-0.2, 0) is 4.74 Å². The van der Waals surface area contributed by atoms with Crippen molar-refractivity contribution in [2.24, 2.45) is 5.41 Å². The number of unbranched alkanes of at least 4 members (excludes halogenated alkanes) is 1. The number of carbonyl (C=O) groups excluding carboxylic acids is 1. The van der Waals surface area contributed by atoms with Crippen LogP contribution in [0.25, 0.3) is 11.3 Å². The molecule has 1 aromatic heterocycles. The molecule has 1 saturated carbocycles. The topological polar surface area (TPSA) is 57.5 Å². The quantitative estimate of drug-likeness (QED) is 0.421. The lowest BCUT2D eigenvalue weighted by atomic mass is 9.77. The summed E-state index contributed by atoms with van der Waals surface area (Å²) in [4.78, 5) is 25.2. The minimum atomic E-state index is -0.907. The van der Waals surface area contributed by atoms with Gasteiger partial charge in [0.1, 0.15) is 11.3 Å². The molecule has 0 amide bonds. The highest BCUT2D eigenvalue weighted by Gasteiger charge is 2.48. The molecule has 4 rings (SSSR count). The van der Waals surface area contributed by atoms with Gasteiger partial charge in [-0.1, -0.05) is 27.2 Å². The first kappa shape index (κ1) is 22.6. The van der Waals surface area contributed by atoms with Gasteiger partial charge in [0.05, 0.1) is 18.9 Å². The Morgan fingerprint density at radius 3 is 2.72 bits per heavy atom. The first-order chi connectivity index (χ1) is 15.2. The first-order valence-electron chi connectivity index (χ1n) is 11.6. The highest BCUT2D eigenvalue weighted by Crippen LogP contribution is 2.59. The van der Waals surface area contributed by atoms with Gasteiger partial charge in [-0.15, -0.1) is 0 Å². The molecule has 1 fully saturated rings. The zero-order valence-electron chi connectivity index (χ0n) is 19.6. The van der Waals surface area contributed by atoms with Crippen molar-refractivity contribution in [1.29, 1.82) is 0 Å². The Labute approximate surface area is 188 Å². The second-order valence-electron chi connectivity index (χ2n) is 9.65. The van der Waals surface area contributed by atoms with Crippen LogP contribution in [0, 0.1) is 18.2 Å². The van der Waals surface area contributed by atoms with Crippen molar-refractivity contribution in [3.63, 3.8) is 0 Å². The van der Waals surface area contributed by atoms with Gasteiger partial charge >= 0.3 is 5.97 Å². The molecule has 0 unspecified atom stereocenters. The van der Waals surface area contributed by atoms with E-state index in [1.807, 2.05) is 23.6 Å². The van der Waals surface area contributed by atoms with Gasteiger partial charge in [0.25, 0.3) is 0 Å². The Bertz CT molecular complexity index is 1120. The van der Waals surface area contributed by atoms with E-state index in [1.165, 1.54) is 6.20 Å². The second kappa shape index (κ2) is 8.38. The number of ether oxygens (including phenoxy) is 2. The van der Waals surface area contributed by atoms with Crippen LogP contribution in [0.1, 0.15) is 86.8 Å². The number of carbonyl (C=O) groups is 1. The molecular formula is C26H32FNO4. The van der Waals surface area contributed by atoms with Crippen molar-refractivity contribution < 1.29 is 18.7 Å². The molecule has 0 saturated heterocycles. The van der Waals surface area contributed by atoms with Gasteiger partial charge in [-0.05, 0) is 61.8 Å². The second-order valence-corrected chi connectivity index (χ2v) is 9.65. The van der Waals surface area contributed by atoms with Gasteiger partial charge < -0.3 is 14.0 Å². The monoisotopic (exact) mass is 441 g/mol. The number of aryl methyl sites for hydroxylation is 1. The Morgan fingerprint density at radius 2 is 2.03 bits per heavy atom. The lowest BCUT2D eigenvalue weighted by molar-refractivity contribution is 0.0522. The van der Waals surface area contributed by atoms with Gasteiger partial charge in [0.2, 0.25) is 5.43 Å². The lowest BCUT2D eigenvalue weighted by Gasteiger charge is -2.40. The zero-order valence-corrected chi connectivity index (χ0v) is 19.6. The predicted molar refractivity (Wildman–Crippen MR) is 122 cm³/mol. The smallest absolute Gasteiger partial charge is 0.343 e. The number of hydrogen-bond acceptors (Lipinski definition) is 4. The number of nitrogens with zero attached hydrogens (tertiary/aromatic N) is 1. The third-order valence-electron chi connectivity index (χ3n) is 7.01. The number of esters is 1. The minimum absolute atomic E-state index is 0.0699. The molecule has 2 aromatic rings. The number of pyridine rings is 1. The Kier molecular flexibility index (Phi) is 5.91. The van der Waals surface area contributed by atoms with E-state index in [-0.39, 0.29) is 35.2 Å². The van der Waals surface area contributed by atoms with E-state index in [0.29, 0.717) is 12.2 Å². The van der Waals surface area contributed by atoms with Gasteiger partial charge in [-0.25, -0.2) is 9.18 Å². The molecule has 32 heavy (non-hydrogen) atoms. The van der Waals surface area contributed by atoms with Crippen LogP contribution < -0.4 is 10.2 Å². The molecule has 2 heterocycles. The number of hydrogen-bond donors (Lipinski definition) is 0. The summed E-state index contributed by atoms with van der Waals surface area (Å²) in [6.07, 6.45) is 5.45. The molecule has 1 aliphatic carbocycles. The van der Waals surface area contributed by atoms with Crippen LogP contribution in [0.2, 0.25) is 0 Å². The number of aromatic nitrogens is 1. The summed E-state index contributed by atoms with van der Waals surface area (Å²) in [5.74, 6) is -0.698. The average molecular weight is 442 g/mol. The van der Waals surface area contributed by atoms with Crippen LogP contribution in [0.3, 0.4) is 0 Å². The number of halogens is 1. The molecule has 6 heteroatoms. The van der Waals surface area contributed by atoms with Gasteiger partial charge in [0, 0.05) is 23.7 Å². The van der Waals surface area contributed by atoms with E-state index in [4.69, 9.17) is 9.47 Å². The molecular weight excluding hydrogens is 409 g/mol. The largest absolute Gasteiger partial charge is 0.493 e. The van der Waals surface area contributed by atoms with Crippen molar-refractivity contribution in [1.82, 2.24) is 4.57 Å². The molecule has 172 valence electrons. The molecule has 2 atom stereocenters. The summed E-state index contributed by atoms with van der Waals surface area (Å²) < 4.78 is 28.5. The van der Waals surface area contributed by atoms with Crippen LogP contribution in [0.5, 0.6) is 5.75 Å². The number of rotatable bonds is 6. The average Bonchev–Trinajstić information content (AvgIpc) is 3.06. The predicted octanol–water partition coefficient (Wildman–Crippen LogP) is 5.78. The van der Waals surface area contributed by atoms with Crippen molar-refractivity contribution in [3.05, 3.63) is 51.1 Å². The maximum absolute atomic E-state index is 15.6. The van der Waals surface area contributed by atoms with E-state index in [2.05, 4.69) is 20.8 Å². The molecule has 5 nitrogen and oxygen atoms in total. The third kappa shape index (κ3) is 3.54. The highest BCUT2D eigenvalue weighted by atomic mass is 19.1. The fraction of sp³-hybridized carbons (Fsp3) is 0.538. The Hall–Kier alpha value is -2.63. The normalized spacial score (nSPS) is 20.3. The van der Waals surface area contributed by atoms with Gasteiger partial charge in [-0.2, -0.15) is 0 Å².